The second-order valence-electron chi connectivity index (χ2n) is 3.97. The SMILES string of the molecule is CNc1ccc(CNCC(C)C)cc1. The summed E-state index contributed by atoms with van der Waals surface area (Å²) in [5.74, 6) is 0.714. The largest absolute Gasteiger partial charge is 0.388 e. The zero-order valence-corrected chi connectivity index (χ0v) is 9.30. The van der Waals surface area contributed by atoms with Crippen LogP contribution in [0.5, 0.6) is 0 Å². The lowest BCUT2D eigenvalue weighted by Crippen LogP contribution is -2.18. The van der Waals surface area contributed by atoms with Gasteiger partial charge in [-0.05, 0) is 30.2 Å². The number of anilines is 1. The molecule has 1 aromatic rings. The minimum absolute atomic E-state index is 0.714. The molecule has 0 fully saturated rings. The molecule has 2 nitrogen and oxygen atoms in total. The number of hydrogen-bond acceptors (Lipinski definition) is 2. The van der Waals surface area contributed by atoms with Gasteiger partial charge < -0.3 is 10.6 Å². The Labute approximate surface area is 86.7 Å². The maximum Gasteiger partial charge on any atom is 0.0337 e. The van der Waals surface area contributed by atoms with E-state index < -0.39 is 0 Å². The fourth-order valence-corrected chi connectivity index (χ4v) is 1.29. The van der Waals surface area contributed by atoms with Gasteiger partial charge in [-0.25, -0.2) is 0 Å². The van der Waals surface area contributed by atoms with Crippen LogP contribution in [0.4, 0.5) is 5.69 Å². The molecular weight excluding hydrogens is 172 g/mol. The molecule has 2 N–H and O–H groups in total. The van der Waals surface area contributed by atoms with E-state index in [1.807, 2.05) is 7.05 Å². The highest BCUT2D eigenvalue weighted by atomic mass is 14.9. The highest BCUT2D eigenvalue weighted by molar-refractivity contribution is 5.43. The van der Waals surface area contributed by atoms with Gasteiger partial charge in [-0.2, -0.15) is 0 Å². The molecule has 2 heteroatoms. The highest BCUT2D eigenvalue weighted by Gasteiger charge is 1.95. The zero-order valence-electron chi connectivity index (χ0n) is 9.30. The quantitative estimate of drug-likeness (QED) is 0.749. The van der Waals surface area contributed by atoms with Crippen LogP contribution in [0.1, 0.15) is 19.4 Å². The predicted octanol–water partition coefficient (Wildman–Crippen LogP) is 2.47. The minimum Gasteiger partial charge on any atom is -0.388 e. The second kappa shape index (κ2) is 5.66. The van der Waals surface area contributed by atoms with Crippen molar-refractivity contribution in [3.05, 3.63) is 29.8 Å². The summed E-state index contributed by atoms with van der Waals surface area (Å²) in [7, 11) is 1.94. The van der Waals surface area contributed by atoms with E-state index in [-0.39, 0.29) is 0 Å². The van der Waals surface area contributed by atoms with Crippen LogP contribution in [0, 0.1) is 5.92 Å². The van der Waals surface area contributed by atoms with E-state index in [0.29, 0.717) is 5.92 Å². The van der Waals surface area contributed by atoms with Crippen LogP contribution in [0.25, 0.3) is 0 Å². The Morgan fingerprint density at radius 3 is 2.29 bits per heavy atom. The lowest BCUT2D eigenvalue weighted by molar-refractivity contribution is 0.552. The summed E-state index contributed by atoms with van der Waals surface area (Å²) in [6.45, 7) is 6.48. The smallest absolute Gasteiger partial charge is 0.0337 e. The van der Waals surface area contributed by atoms with Crippen LogP contribution in [-0.4, -0.2) is 13.6 Å². The monoisotopic (exact) mass is 192 g/mol. The van der Waals surface area contributed by atoms with Crippen molar-refractivity contribution >= 4 is 5.69 Å². The van der Waals surface area contributed by atoms with Crippen molar-refractivity contribution in [2.24, 2.45) is 5.92 Å². The molecule has 0 spiro atoms. The Morgan fingerprint density at radius 1 is 1.14 bits per heavy atom. The standard InChI is InChI=1S/C12H20N2/c1-10(2)8-14-9-11-4-6-12(13-3)7-5-11/h4-7,10,13-14H,8-9H2,1-3H3. The maximum absolute atomic E-state index is 3.42. The fourth-order valence-electron chi connectivity index (χ4n) is 1.29. The summed E-state index contributed by atoms with van der Waals surface area (Å²) >= 11 is 0. The van der Waals surface area contributed by atoms with Gasteiger partial charge >= 0.3 is 0 Å². The maximum atomic E-state index is 3.42. The molecule has 0 aliphatic rings. The molecule has 14 heavy (non-hydrogen) atoms. The van der Waals surface area contributed by atoms with Gasteiger partial charge in [0.2, 0.25) is 0 Å². The van der Waals surface area contributed by atoms with Gasteiger partial charge in [-0.3, -0.25) is 0 Å². The first kappa shape index (κ1) is 11.1. The average Bonchev–Trinajstić information content (AvgIpc) is 2.18. The van der Waals surface area contributed by atoms with Crippen LogP contribution < -0.4 is 10.6 Å². The lowest BCUT2D eigenvalue weighted by atomic mass is 10.2. The molecule has 0 atom stereocenters. The van der Waals surface area contributed by atoms with Crippen molar-refractivity contribution in [1.29, 1.82) is 0 Å². The van der Waals surface area contributed by atoms with E-state index in [4.69, 9.17) is 0 Å². The van der Waals surface area contributed by atoms with E-state index in [2.05, 4.69) is 48.7 Å². The molecule has 0 bridgehead atoms. The number of benzene rings is 1. The van der Waals surface area contributed by atoms with Crippen molar-refractivity contribution in [2.45, 2.75) is 20.4 Å². The van der Waals surface area contributed by atoms with Gasteiger partial charge in [0, 0.05) is 19.3 Å². The minimum atomic E-state index is 0.714. The summed E-state index contributed by atoms with van der Waals surface area (Å²) in [5.41, 5.74) is 2.50. The van der Waals surface area contributed by atoms with Crippen LogP contribution in [0.2, 0.25) is 0 Å². The molecule has 0 aliphatic heterocycles. The first-order valence-electron chi connectivity index (χ1n) is 5.19. The third-order valence-electron chi connectivity index (χ3n) is 2.12. The topological polar surface area (TPSA) is 24.1 Å². The molecule has 78 valence electrons. The third-order valence-corrected chi connectivity index (χ3v) is 2.12. The molecule has 1 aromatic carbocycles. The Hall–Kier alpha value is -1.02. The van der Waals surface area contributed by atoms with E-state index in [9.17, 15) is 0 Å². The van der Waals surface area contributed by atoms with Crippen LogP contribution >= 0.6 is 0 Å². The van der Waals surface area contributed by atoms with E-state index in [1.165, 1.54) is 5.56 Å². The van der Waals surface area contributed by atoms with Gasteiger partial charge in [0.05, 0.1) is 0 Å². The second-order valence-corrected chi connectivity index (χ2v) is 3.97. The molecule has 0 amide bonds. The first-order chi connectivity index (χ1) is 6.72. The van der Waals surface area contributed by atoms with Gasteiger partial charge in [-0.1, -0.05) is 26.0 Å². The summed E-state index contributed by atoms with van der Waals surface area (Å²) < 4.78 is 0. The summed E-state index contributed by atoms with van der Waals surface area (Å²) in [6.07, 6.45) is 0. The summed E-state index contributed by atoms with van der Waals surface area (Å²) in [5, 5.41) is 6.53. The van der Waals surface area contributed by atoms with Crippen LogP contribution in [-0.2, 0) is 6.54 Å². The molecule has 1 rings (SSSR count). The number of rotatable bonds is 5. The van der Waals surface area contributed by atoms with Crippen molar-refractivity contribution in [3.8, 4) is 0 Å². The third kappa shape index (κ3) is 3.79. The zero-order chi connectivity index (χ0) is 10.4. The average molecular weight is 192 g/mol. The molecule has 0 aliphatic carbocycles. The number of nitrogens with one attached hydrogen (secondary N) is 2. The molecule has 0 radical (unpaired) electrons. The van der Waals surface area contributed by atoms with Crippen LogP contribution in [0.15, 0.2) is 24.3 Å². The Bertz CT molecular complexity index is 252. The molecule has 0 saturated carbocycles. The van der Waals surface area contributed by atoms with Crippen molar-refractivity contribution in [1.82, 2.24) is 5.32 Å². The van der Waals surface area contributed by atoms with Gasteiger partial charge in [0.1, 0.15) is 0 Å². The lowest BCUT2D eigenvalue weighted by Gasteiger charge is -2.07. The fraction of sp³-hybridized carbons (Fsp3) is 0.500. The van der Waals surface area contributed by atoms with E-state index >= 15 is 0 Å². The van der Waals surface area contributed by atoms with Gasteiger partial charge in [-0.15, -0.1) is 0 Å². The predicted molar refractivity (Wildman–Crippen MR) is 62.5 cm³/mol. The molecule has 0 unspecified atom stereocenters. The number of hydrogen-bond donors (Lipinski definition) is 2. The summed E-state index contributed by atoms with van der Waals surface area (Å²) in [4.78, 5) is 0. The molecule has 0 heterocycles. The first-order valence-corrected chi connectivity index (χ1v) is 5.19. The van der Waals surface area contributed by atoms with E-state index in [0.717, 1.165) is 18.8 Å². The van der Waals surface area contributed by atoms with Gasteiger partial charge in [0.15, 0.2) is 0 Å². The normalized spacial score (nSPS) is 10.6. The Kier molecular flexibility index (Phi) is 4.47. The van der Waals surface area contributed by atoms with Gasteiger partial charge in [0.25, 0.3) is 0 Å². The van der Waals surface area contributed by atoms with Crippen molar-refractivity contribution in [2.75, 3.05) is 18.9 Å². The molecule has 0 saturated heterocycles. The Balaban J connectivity index is 2.36. The highest BCUT2D eigenvalue weighted by Crippen LogP contribution is 2.08. The Morgan fingerprint density at radius 2 is 1.79 bits per heavy atom. The van der Waals surface area contributed by atoms with Crippen molar-refractivity contribution in [3.63, 3.8) is 0 Å². The van der Waals surface area contributed by atoms with Crippen molar-refractivity contribution < 1.29 is 0 Å². The molecule has 0 aromatic heterocycles. The summed E-state index contributed by atoms with van der Waals surface area (Å²) in [6, 6.07) is 8.51. The molecular formula is C12H20N2. The van der Waals surface area contributed by atoms with Crippen LogP contribution in [0.3, 0.4) is 0 Å². The van der Waals surface area contributed by atoms with E-state index in [1.54, 1.807) is 0 Å².